The topological polar surface area (TPSA) is 86.1 Å². The van der Waals surface area contributed by atoms with Gasteiger partial charge in [0, 0.05) is 44.8 Å². The maximum absolute atomic E-state index is 13.3. The van der Waals surface area contributed by atoms with Gasteiger partial charge in [-0.3, -0.25) is 4.79 Å². The van der Waals surface area contributed by atoms with Crippen LogP contribution in [0.2, 0.25) is 0 Å². The van der Waals surface area contributed by atoms with Crippen LogP contribution in [0.5, 0.6) is 11.5 Å². The largest absolute Gasteiger partial charge is 0.493 e. The van der Waals surface area contributed by atoms with Gasteiger partial charge in [0.2, 0.25) is 0 Å². The van der Waals surface area contributed by atoms with Gasteiger partial charge in [0.15, 0.2) is 11.5 Å². The number of methoxy groups -OCH3 is 2. The first kappa shape index (κ1) is 22.5. The monoisotopic (exact) mass is 393 g/mol. The van der Waals surface area contributed by atoms with Crippen molar-refractivity contribution in [3.05, 3.63) is 23.8 Å². The number of benzene rings is 1. The Kier molecular flexibility index (Phi) is 9.02. The molecule has 0 saturated carbocycles. The molecule has 28 heavy (non-hydrogen) atoms. The Balaban J connectivity index is 2.14. The molecule has 3 N–H and O–H groups in total. The highest BCUT2D eigenvalue weighted by atomic mass is 16.5. The summed E-state index contributed by atoms with van der Waals surface area (Å²) in [5, 5.41) is 3.39. The van der Waals surface area contributed by atoms with E-state index in [2.05, 4.69) is 5.32 Å². The summed E-state index contributed by atoms with van der Waals surface area (Å²) < 4.78 is 16.3. The van der Waals surface area contributed by atoms with E-state index in [1.807, 2.05) is 18.7 Å². The SMILES string of the molecule is COCCCOc1cc(C(=O)N(C[C@@H]2CNC[C@@H]2CN)C(C)C)ccc1OC. The molecule has 0 aromatic heterocycles. The molecule has 1 aliphatic rings. The lowest BCUT2D eigenvalue weighted by molar-refractivity contribution is 0.0662. The van der Waals surface area contributed by atoms with Gasteiger partial charge in [-0.15, -0.1) is 0 Å². The quantitative estimate of drug-likeness (QED) is 0.557. The summed E-state index contributed by atoms with van der Waals surface area (Å²) in [6.07, 6.45) is 0.769. The molecule has 1 aliphatic heterocycles. The number of nitrogens with one attached hydrogen (secondary N) is 1. The molecule has 2 atom stereocenters. The van der Waals surface area contributed by atoms with Crippen LogP contribution < -0.4 is 20.5 Å². The number of ether oxygens (including phenoxy) is 3. The van der Waals surface area contributed by atoms with Crippen molar-refractivity contribution in [1.29, 1.82) is 0 Å². The van der Waals surface area contributed by atoms with Crippen LogP contribution in [0.15, 0.2) is 18.2 Å². The van der Waals surface area contributed by atoms with Crippen molar-refractivity contribution in [3.8, 4) is 11.5 Å². The molecule has 1 fully saturated rings. The zero-order valence-corrected chi connectivity index (χ0v) is 17.6. The molecule has 1 saturated heterocycles. The molecule has 1 aromatic carbocycles. The van der Waals surface area contributed by atoms with Gasteiger partial charge < -0.3 is 30.2 Å². The Morgan fingerprint density at radius 1 is 1.21 bits per heavy atom. The summed E-state index contributed by atoms with van der Waals surface area (Å²) in [5.74, 6) is 1.98. The Morgan fingerprint density at radius 3 is 2.61 bits per heavy atom. The lowest BCUT2D eigenvalue weighted by Crippen LogP contribution is -2.42. The van der Waals surface area contributed by atoms with Crippen LogP contribution in [0.1, 0.15) is 30.6 Å². The second-order valence-electron chi connectivity index (χ2n) is 7.53. The first-order valence-corrected chi connectivity index (χ1v) is 10.0. The third-order valence-electron chi connectivity index (χ3n) is 5.26. The van der Waals surface area contributed by atoms with E-state index in [1.54, 1.807) is 32.4 Å². The maximum atomic E-state index is 13.3. The lowest BCUT2D eigenvalue weighted by Gasteiger charge is -2.31. The minimum Gasteiger partial charge on any atom is -0.493 e. The maximum Gasteiger partial charge on any atom is 0.254 e. The fourth-order valence-corrected chi connectivity index (χ4v) is 3.53. The van der Waals surface area contributed by atoms with Gasteiger partial charge in [-0.1, -0.05) is 0 Å². The van der Waals surface area contributed by atoms with E-state index in [1.165, 1.54) is 0 Å². The number of hydrogen-bond donors (Lipinski definition) is 2. The van der Waals surface area contributed by atoms with Crippen LogP contribution >= 0.6 is 0 Å². The van der Waals surface area contributed by atoms with E-state index in [0.717, 1.165) is 19.5 Å². The minimum absolute atomic E-state index is 0.00191. The molecule has 158 valence electrons. The third-order valence-corrected chi connectivity index (χ3v) is 5.26. The fourth-order valence-electron chi connectivity index (χ4n) is 3.53. The van der Waals surface area contributed by atoms with Crippen LogP contribution in [0.4, 0.5) is 0 Å². The van der Waals surface area contributed by atoms with Crippen molar-refractivity contribution in [2.45, 2.75) is 26.3 Å². The predicted octanol–water partition coefficient (Wildman–Crippen LogP) is 1.76. The van der Waals surface area contributed by atoms with E-state index in [9.17, 15) is 4.79 Å². The fraction of sp³-hybridized carbons (Fsp3) is 0.667. The van der Waals surface area contributed by atoms with E-state index in [0.29, 0.717) is 55.2 Å². The number of rotatable bonds is 11. The molecule has 0 spiro atoms. The van der Waals surface area contributed by atoms with Gasteiger partial charge in [-0.25, -0.2) is 0 Å². The average Bonchev–Trinajstić information content (AvgIpc) is 3.15. The number of hydrogen-bond acceptors (Lipinski definition) is 6. The second-order valence-corrected chi connectivity index (χ2v) is 7.53. The summed E-state index contributed by atoms with van der Waals surface area (Å²) in [4.78, 5) is 15.2. The van der Waals surface area contributed by atoms with Crippen molar-refractivity contribution in [2.24, 2.45) is 17.6 Å². The van der Waals surface area contributed by atoms with Crippen LogP contribution in [0.25, 0.3) is 0 Å². The van der Waals surface area contributed by atoms with Gasteiger partial charge in [-0.2, -0.15) is 0 Å². The summed E-state index contributed by atoms with van der Waals surface area (Å²) in [7, 11) is 3.26. The molecule has 7 nitrogen and oxygen atoms in total. The van der Waals surface area contributed by atoms with E-state index < -0.39 is 0 Å². The molecule has 0 unspecified atom stereocenters. The normalized spacial score (nSPS) is 19.1. The summed E-state index contributed by atoms with van der Waals surface area (Å²) in [6.45, 7) is 8.37. The number of amides is 1. The van der Waals surface area contributed by atoms with Crippen LogP contribution in [-0.4, -0.2) is 70.5 Å². The standard InChI is InChI=1S/C21H35N3O4/c1-15(2)24(14-18-13-23-12-17(18)11-22)21(25)16-6-7-19(27-4)20(10-16)28-9-5-8-26-3/h6-7,10,15,17-18,23H,5,8-9,11-14,22H2,1-4H3/t17-,18-/m0/s1. The van der Waals surface area contributed by atoms with Gasteiger partial charge in [0.05, 0.1) is 13.7 Å². The molecular formula is C21H35N3O4. The number of carbonyl (C=O) groups is 1. The molecule has 0 radical (unpaired) electrons. The Bertz CT molecular complexity index is 624. The smallest absolute Gasteiger partial charge is 0.254 e. The number of carbonyl (C=O) groups excluding carboxylic acids is 1. The Hall–Kier alpha value is -1.83. The highest BCUT2D eigenvalue weighted by molar-refractivity contribution is 5.95. The van der Waals surface area contributed by atoms with Crippen LogP contribution in [0.3, 0.4) is 0 Å². The van der Waals surface area contributed by atoms with Crippen molar-refractivity contribution in [2.75, 3.05) is 53.6 Å². The zero-order valence-electron chi connectivity index (χ0n) is 17.6. The van der Waals surface area contributed by atoms with Crippen molar-refractivity contribution in [3.63, 3.8) is 0 Å². The van der Waals surface area contributed by atoms with Crippen molar-refractivity contribution >= 4 is 5.91 Å². The molecule has 0 bridgehead atoms. The van der Waals surface area contributed by atoms with E-state index in [4.69, 9.17) is 19.9 Å². The number of nitrogens with zero attached hydrogens (tertiary/aromatic N) is 1. The average molecular weight is 394 g/mol. The second kappa shape index (κ2) is 11.2. The lowest BCUT2D eigenvalue weighted by atomic mass is 9.95. The number of nitrogens with two attached hydrogens (primary N) is 1. The summed E-state index contributed by atoms with van der Waals surface area (Å²) in [5.41, 5.74) is 6.50. The van der Waals surface area contributed by atoms with E-state index in [-0.39, 0.29) is 11.9 Å². The molecule has 0 aliphatic carbocycles. The van der Waals surface area contributed by atoms with Gasteiger partial charge in [0.25, 0.3) is 5.91 Å². The molecule has 2 rings (SSSR count). The van der Waals surface area contributed by atoms with Gasteiger partial charge in [-0.05, 0) is 57.0 Å². The Labute approximate surface area is 168 Å². The highest BCUT2D eigenvalue weighted by Gasteiger charge is 2.30. The van der Waals surface area contributed by atoms with Crippen LogP contribution in [0, 0.1) is 11.8 Å². The summed E-state index contributed by atoms with van der Waals surface area (Å²) >= 11 is 0. The minimum atomic E-state index is 0.00191. The zero-order chi connectivity index (χ0) is 20.5. The molecule has 7 heteroatoms. The predicted molar refractivity (Wildman–Crippen MR) is 110 cm³/mol. The molecular weight excluding hydrogens is 358 g/mol. The van der Waals surface area contributed by atoms with E-state index >= 15 is 0 Å². The van der Waals surface area contributed by atoms with Crippen molar-refractivity contribution in [1.82, 2.24) is 10.2 Å². The van der Waals surface area contributed by atoms with Gasteiger partial charge >= 0.3 is 0 Å². The first-order valence-electron chi connectivity index (χ1n) is 10.0. The van der Waals surface area contributed by atoms with Crippen molar-refractivity contribution < 1.29 is 19.0 Å². The Morgan fingerprint density at radius 2 is 1.96 bits per heavy atom. The van der Waals surface area contributed by atoms with Crippen LogP contribution in [-0.2, 0) is 4.74 Å². The molecule has 1 aromatic rings. The molecule has 1 amide bonds. The molecule has 1 heterocycles. The first-order chi connectivity index (χ1) is 13.5. The third kappa shape index (κ3) is 5.83. The highest BCUT2D eigenvalue weighted by Crippen LogP contribution is 2.29. The van der Waals surface area contributed by atoms with Gasteiger partial charge in [0.1, 0.15) is 0 Å². The summed E-state index contributed by atoms with van der Waals surface area (Å²) in [6, 6.07) is 5.46.